The van der Waals surface area contributed by atoms with Gasteiger partial charge in [0.25, 0.3) is 0 Å². The van der Waals surface area contributed by atoms with Gasteiger partial charge < -0.3 is 10.2 Å². The van der Waals surface area contributed by atoms with Crippen molar-refractivity contribution in [1.82, 2.24) is 0 Å². The third kappa shape index (κ3) is 4.83. The molecule has 0 amide bonds. The molecule has 0 fully saturated rings. The second kappa shape index (κ2) is 6.21. The molecule has 2 unspecified atom stereocenters. The molecule has 0 radical (unpaired) electrons. The number of rotatable bonds is 3. The summed E-state index contributed by atoms with van der Waals surface area (Å²) in [5.74, 6) is 5.68. The Labute approximate surface area is 68.2 Å². The molecule has 11 heavy (non-hydrogen) atoms. The first-order valence-electron chi connectivity index (χ1n) is 3.99. The van der Waals surface area contributed by atoms with Crippen LogP contribution >= 0.6 is 0 Å². The lowest BCUT2D eigenvalue weighted by Crippen LogP contribution is -2.20. The molecule has 2 nitrogen and oxygen atoms in total. The molecule has 0 aliphatic rings. The molecule has 0 aromatic heterocycles. The largest absolute Gasteiger partial charge is 0.394 e. The first kappa shape index (κ1) is 10.5. The highest BCUT2D eigenvalue weighted by Crippen LogP contribution is 1.99. The monoisotopic (exact) mass is 156 g/mol. The van der Waals surface area contributed by atoms with E-state index >= 15 is 0 Å². The molecule has 0 aromatic carbocycles. The molecule has 2 atom stereocenters. The van der Waals surface area contributed by atoms with Crippen molar-refractivity contribution in [3.8, 4) is 11.8 Å². The fourth-order valence-corrected chi connectivity index (χ4v) is 0.612. The van der Waals surface area contributed by atoms with Crippen LogP contribution in [0.2, 0.25) is 0 Å². The Balaban J connectivity index is 3.68. The number of hydrogen-bond donors (Lipinski definition) is 2. The van der Waals surface area contributed by atoms with Gasteiger partial charge in [-0.1, -0.05) is 12.8 Å². The van der Waals surface area contributed by atoms with E-state index < -0.39 is 6.10 Å². The van der Waals surface area contributed by atoms with Crippen molar-refractivity contribution in [2.75, 3.05) is 6.61 Å². The minimum absolute atomic E-state index is 0.119. The Hall–Kier alpha value is -0.520. The fraction of sp³-hybridized carbons (Fsp3) is 0.778. The lowest BCUT2D eigenvalue weighted by molar-refractivity contribution is 0.0712. The SMILES string of the molecule is CCCC#CC(C)C(O)CO. The van der Waals surface area contributed by atoms with Crippen LogP contribution in [0.5, 0.6) is 0 Å². The molecule has 2 N–H and O–H groups in total. The summed E-state index contributed by atoms with van der Waals surface area (Å²) < 4.78 is 0. The van der Waals surface area contributed by atoms with Gasteiger partial charge in [-0.3, -0.25) is 0 Å². The van der Waals surface area contributed by atoms with Gasteiger partial charge in [0.15, 0.2) is 0 Å². The summed E-state index contributed by atoms with van der Waals surface area (Å²) >= 11 is 0. The topological polar surface area (TPSA) is 40.5 Å². The van der Waals surface area contributed by atoms with Crippen molar-refractivity contribution in [1.29, 1.82) is 0 Å². The molecule has 0 spiro atoms. The van der Waals surface area contributed by atoms with E-state index in [0.29, 0.717) is 0 Å². The minimum atomic E-state index is -0.695. The Morgan fingerprint density at radius 1 is 1.45 bits per heavy atom. The van der Waals surface area contributed by atoms with Gasteiger partial charge in [-0.15, -0.1) is 5.92 Å². The van der Waals surface area contributed by atoms with E-state index in [0.717, 1.165) is 12.8 Å². The van der Waals surface area contributed by atoms with Crippen molar-refractivity contribution in [2.24, 2.45) is 5.92 Å². The molecule has 0 aromatic rings. The summed E-state index contributed by atoms with van der Waals surface area (Å²) in [6, 6.07) is 0. The number of aliphatic hydroxyl groups is 2. The second-order valence-corrected chi connectivity index (χ2v) is 2.61. The van der Waals surface area contributed by atoms with Crippen molar-refractivity contribution < 1.29 is 10.2 Å². The van der Waals surface area contributed by atoms with E-state index in [1.807, 2.05) is 6.92 Å². The maximum absolute atomic E-state index is 9.07. The zero-order chi connectivity index (χ0) is 8.69. The third-order valence-electron chi connectivity index (χ3n) is 1.47. The standard InChI is InChI=1S/C9H16O2/c1-3-4-5-6-8(2)9(11)7-10/h8-11H,3-4,7H2,1-2H3. The quantitative estimate of drug-likeness (QED) is 0.593. The summed E-state index contributed by atoms with van der Waals surface area (Å²) in [4.78, 5) is 0. The average Bonchev–Trinajstić information content (AvgIpc) is 2.03. The Morgan fingerprint density at radius 3 is 2.55 bits per heavy atom. The van der Waals surface area contributed by atoms with Gasteiger partial charge in [0.2, 0.25) is 0 Å². The number of hydrogen-bond acceptors (Lipinski definition) is 2. The molecule has 0 aliphatic heterocycles. The molecule has 64 valence electrons. The van der Waals surface area contributed by atoms with Crippen LogP contribution in [-0.4, -0.2) is 22.9 Å². The molecular weight excluding hydrogens is 140 g/mol. The molecule has 0 saturated carbocycles. The van der Waals surface area contributed by atoms with Crippen LogP contribution in [-0.2, 0) is 0 Å². The zero-order valence-corrected chi connectivity index (χ0v) is 7.17. The highest BCUT2D eigenvalue weighted by molar-refractivity contribution is 5.04. The first-order valence-corrected chi connectivity index (χ1v) is 3.99. The van der Waals surface area contributed by atoms with Crippen molar-refractivity contribution in [3.63, 3.8) is 0 Å². The summed E-state index contributed by atoms with van der Waals surface area (Å²) in [6.45, 7) is 3.66. The first-order chi connectivity index (χ1) is 5.22. The van der Waals surface area contributed by atoms with Gasteiger partial charge in [0.1, 0.15) is 0 Å². The van der Waals surface area contributed by atoms with Gasteiger partial charge in [-0.05, 0) is 13.3 Å². The highest BCUT2D eigenvalue weighted by Gasteiger charge is 2.08. The Kier molecular flexibility index (Phi) is 5.91. The highest BCUT2D eigenvalue weighted by atomic mass is 16.3. The molecule has 0 heterocycles. The average molecular weight is 156 g/mol. The van der Waals surface area contributed by atoms with Crippen LogP contribution in [0.3, 0.4) is 0 Å². The van der Waals surface area contributed by atoms with E-state index in [2.05, 4.69) is 18.8 Å². The second-order valence-electron chi connectivity index (χ2n) is 2.61. The smallest absolute Gasteiger partial charge is 0.0905 e. The lowest BCUT2D eigenvalue weighted by atomic mass is 10.1. The van der Waals surface area contributed by atoms with Gasteiger partial charge >= 0.3 is 0 Å². The van der Waals surface area contributed by atoms with E-state index in [1.165, 1.54) is 0 Å². The predicted octanol–water partition coefficient (Wildman–Crippen LogP) is 0.779. The molecule has 2 heteroatoms. The predicted molar refractivity (Wildman–Crippen MR) is 44.9 cm³/mol. The Morgan fingerprint density at radius 2 is 2.09 bits per heavy atom. The summed E-state index contributed by atoms with van der Waals surface area (Å²) in [6.07, 6.45) is 1.21. The summed E-state index contributed by atoms with van der Waals surface area (Å²) in [5.41, 5.74) is 0. The van der Waals surface area contributed by atoms with Crippen LogP contribution in [0.25, 0.3) is 0 Å². The van der Waals surface area contributed by atoms with Crippen molar-refractivity contribution in [2.45, 2.75) is 32.8 Å². The van der Waals surface area contributed by atoms with E-state index in [-0.39, 0.29) is 12.5 Å². The molecule has 0 saturated heterocycles. The van der Waals surface area contributed by atoms with Gasteiger partial charge in [-0.25, -0.2) is 0 Å². The molecular formula is C9H16O2. The molecule has 0 aliphatic carbocycles. The molecule has 0 rings (SSSR count). The number of unbranched alkanes of at least 4 members (excludes halogenated alkanes) is 1. The van der Waals surface area contributed by atoms with Crippen molar-refractivity contribution >= 4 is 0 Å². The van der Waals surface area contributed by atoms with Crippen LogP contribution in [0, 0.1) is 17.8 Å². The Bertz CT molecular complexity index is 143. The summed E-state index contributed by atoms with van der Waals surface area (Å²) in [5, 5.41) is 17.6. The minimum Gasteiger partial charge on any atom is -0.394 e. The van der Waals surface area contributed by atoms with Gasteiger partial charge in [0, 0.05) is 12.3 Å². The maximum atomic E-state index is 9.07. The van der Waals surface area contributed by atoms with Crippen LogP contribution in [0.4, 0.5) is 0 Å². The normalized spacial score (nSPS) is 14.9. The lowest BCUT2D eigenvalue weighted by Gasteiger charge is -2.08. The van der Waals surface area contributed by atoms with Crippen molar-refractivity contribution in [3.05, 3.63) is 0 Å². The zero-order valence-electron chi connectivity index (χ0n) is 7.17. The van der Waals surface area contributed by atoms with Crippen LogP contribution < -0.4 is 0 Å². The van der Waals surface area contributed by atoms with E-state index in [9.17, 15) is 0 Å². The van der Waals surface area contributed by atoms with Gasteiger partial charge in [0.05, 0.1) is 12.7 Å². The van der Waals surface area contributed by atoms with Crippen LogP contribution in [0.1, 0.15) is 26.7 Å². The summed E-state index contributed by atoms with van der Waals surface area (Å²) in [7, 11) is 0. The fourth-order valence-electron chi connectivity index (χ4n) is 0.612. The van der Waals surface area contributed by atoms with E-state index in [4.69, 9.17) is 10.2 Å². The molecule has 0 bridgehead atoms. The van der Waals surface area contributed by atoms with Gasteiger partial charge in [-0.2, -0.15) is 0 Å². The van der Waals surface area contributed by atoms with Crippen LogP contribution in [0.15, 0.2) is 0 Å². The maximum Gasteiger partial charge on any atom is 0.0905 e. The van der Waals surface area contributed by atoms with E-state index in [1.54, 1.807) is 0 Å². The third-order valence-corrected chi connectivity index (χ3v) is 1.47. The number of aliphatic hydroxyl groups excluding tert-OH is 2.